The minimum absolute atomic E-state index is 0.511. The fraction of sp³-hybridized carbons (Fsp3) is 0.571. The van der Waals surface area contributed by atoms with E-state index in [1.165, 1.54) is 5.56 Å². The van der Waals surface area contributed by atoms with Gasteiger partial charge in [-0.25, -0.2) is 4.98 Å². The summed E-state index contributed by atoms with van der Waals surface area (Å²) in [5.74, 6) is 1.26. The van der Waals surface area contributed by atoms with E-state index in [1.54, 1.807) is 0 Å². The molecule has 1 aromatic heterocycles. The van der Waals surface area contributed by atoms with Crippen LogP contribution in [0.3, 0.4) is 0 Å². The average Bonchev–Trinajstić information content (AvgIpc) is 2.82. The van der Waals surface area contributed by atoms with Gasteiger partial charge in [0.2, 0.25) is 0 Å². The largest absolute Gasteiger partial charge is 0.369 e. The Labute approximate surface area is 108 Å². The van der Waals surface area contributed by atoms with Gasteiger partial charge >= 0.3 is 0 Å². The van der Waals surface area contributed by atoms with Gasteiger partial charge in [0, 0.05) is 12.2 Å². The van der Waals surface area contributed by atoms with Gasteiger partial charge in [-0.1, -0.05) is 6.92 Å². The van der Waals surface area contributed by atoms with Crippen molar-refractivity contribution < 1.29 is 0 Å². The predicted molar refractivity (Wildman–Crippen MR) is 72.6 cm³/mol. The standard InChI is InChI=1S/C14H20N4/c1-10(8-16-2)9-17-14-12(7-15)6-11-4-3-5-13(11)18-14/h6,10,16H,3-5,8-9H2,1-2H3,(H,17,18). The van der Waals surface area contributed by atoms with Gasteiger partial charge in [-0.2, -0.15) is 5.26 Å². The van der Waals surface area contributed by atoms with E-state index in [4.69, 9.17) is 0 Å². The summed E-state index contributed by atoms with van der Waals surface area (Å²) in [6.07, 6.45) is 3.27. The summed E-state index contributed by atoms with van der Waals surface area (Å²) in [6, 6.07) is 4.24. The quantitative estimate of drug-likeness (QED) is 0.827. The number of hydrogen-bond acceptors (Lipinski definition) is 4. The Morgan fingerprint density at radius 2 is 2.28 bits per heavy atom. The molecule has 1 aliphatic carbocycles. The Hall–Kier alpha value is -1.60. The van der Waals surface area contributed by atoms with E-state index in [9.17, 15) is 5.26 Å². The number of hydrogen-bond donors (Lipinski definition) is 2. The van der Waals surface area contributed by atoms with E-state index in [1.807, 2.05) is 13.1 Å². The molecule has 2 rings (SSSR count). The van der Waals surface area contributed by atoms with Crippen LogP contribution in [-0.2, 0) is 12.8 Å². The van der Waals surface area contributed by atoms with Gasteiger partial charge in [0.15, 0.2) is 0 Å². The molecule has 1 aromatic rings. The van der Waals surface area contributed by atoms with E-state index >= 15 is 0 Å². The minimum Gasteiger partial charge on any atom is -0.369 e. The molecular weight excluding hydrogens is 224 g/mol. The molecule has 0 bridgehead atoms. The lowest BCUT2D eigenvalue weighted by Crippen LogP contribution is -2.23. The van der Waals surface area contributed by atoms with Crippen molar-refractivity contribution in [2.45, 2.75) is 26.2 Å². The lowest BCUT2D eigenvalue weighted by atomic mass is 10.1. The molecule has 2 N–H and O–H groups in total. The van der Waals surface area contributed by atoms with Crippen LogP contribution >= 0.6 is 0 Å². The molecule has 18 heavy (non-hydrogen) atoms. The van der Waals surface area contributed by atoms with Crippen LogP contribution in [0.15, 0.2) is 6.07 Å². The van der Waals surface area contributed by atoms with Crippen molar-refractivity contribution in [2.75, 3.05) is 25.5 Å². The topological polar surface area (TPSA) is 60.7 Å². The molecule has 1 unspecified atom stereocenters. The zero-order chi connectivity index (χ0) is 13.0. The van der Waals surface area contributed by atoms with Crippen molar-refractivity contribution >= 4 is 5.82 Å². The fourth-order valence-corrected chi connectivity index (χ4v) is 2.38. The normalized spacial score (nSPS) is 14.9. The number of aryl methyl sites for hydroxylation is 2. The van der Waals surface area contributed by atoms with Crippen molar-refractivity contribution in [3.63, 3.8) is 0 Å². The van der Waals surface area contributed by atoms with Crippen LogP contribution in [-0.4, -0.2) is 25.1 Å². The molecule has 4 nitrogen and oxygen atoms in total. The molecule has 0 spiro atoms. The number of nitrogens with zero attached hydrogens (tertiary/aromatic N) is 2. The smallest absolute Gasteiger partial charge is 0.144 e. The van der Waals surface area contributed by atoms with Crippen LogP contribution in [0.4, 0.5) is 5.82 Å². The monoisotopic (exact) mass is 244 g/mol. The fourth-order valence-electron chi connectivity index (χ4n) is 2.38. The van der Waals surface area contributed by atoms with Gasteiger partial charge in [-0.3, -0.25) is 0 Å². The summed E-state index contributed by atoms with van der Waals surface area (Å²) in [7, 11) is 1.95. The van der Waals surface area contributed by atoms with Crippen molar-refractivity contribution in [3.05, 3.63) is 22.9 Å². The highest BCUT2D eigenvalue weighted by Crippen LogP contribution is 2.24. The number of anilines is 1. The first-order valence-corrected chi connectivity index (χ1v) is 6.56. The molecule has 4 heteroatoms. The third-order valence-corrected chi connectivity index (χ3v) is 3.34. The molecule has 0 aromatic carbocycles. The number of nitrogens with one attached hydrogen (secondary N) is 2. The number of nitriles is 1. The second-order valence-corrected chi connectivity index (χ2v) is 5.00. The highest BCUT2D eigenvalue weighted by molar-refractivity contribution is 5.55. The van der Waals surface area contributed by atoms with Gasteiger partial charge in [-0.05, 0) is 50.4 Å². The lowest BCUT2D eigenvalue weighted by Gasteiger charge is -2.14. The third kappa shape index (κ3) is 2.80. The lowest BCUT2D eigenvalue weighted by molar-refractivity contribution is 0.568. The molecule has 96 valence electrons. The van der Waals surface area contributed by atoms with Crippen LogP contribution in [0.2, 0.25) is 0 Å². The first kappa shape index (κ1) is 12.8. The first-order valence-electron chi connectivity index (χ1n) is 6.56. The summed E-state index contributed by atoms with van der Waals surface area (Å²) in [5, 5.41) is 15.6. The minimum atomic E-state index is 0.511. The van der Waals surface area contributed by atoms with E-state index in [0.29, 0.717) is 11.5 Å². The predicted octanol–water partition coefficient (Wildman–Crippen LogP) is 1.71. The van der Waals surface area contributed by atoms with Crippen molar-refractivity contribution in [1.29, 1.82) is 5.26 Å². The SMILES string of the molecule is CNCC(C)CNc1nc2c(cc1C#N)CCC2. The van der Waals surface area contributed by atoms with Crippen molar-refractivity contribution in [3.8, 4) is 6.07 Å². The van der Waals surface area contributed by atoms with Crippen LogP contribution in [0.25, 0.3) is 0 Å². The second kappa shape index (κ2) is 5.83. The summed E-state index contributed by atoms with van der Waals surface area (Å²) in [6.45, 7) is 3.96. The maximum Gasteiger partial charge on any atom is 0.144 e. The third-order valence-electron chi connectivity index (χ3n) is 3.34. The van der Waals surface area contributed by atoms with E-state index < -0.39 is 0 Å². The Balaban J connectivity index is 2.10. The molecule has 1 atom stereocenters. The summed E-state index contributed by atoms with van der Waals surface area (Å²) >= 11 is 0. The van der Waals surface area contributed by atoms with Gasteiger partial charge < -0.3 is 10.6 Å². The Morgan fingerprint density at radius 1 is 1.44 bits per heavy atom. The number of pyridine rings is 1. The molecule has 0 saturated carbocycles. The zero-order valence-corrected chi connectivity index (χ0v) is 11.1. The molecule has 1 aliphatic rings. The molecule has 0 fully saturated rings. The zero-order valence-electron chi connectivity index (χ0n) is 11.1. The Bertz CT molecular complexity index is 462. The van der Waals surface area contributed by atoms with Crippen LogP contribution in [0.1, 0.15) is 30.2 Å². The number of fused-ring (bicyclic) bond motifs is 1. The molecule has 0 aliphatic heterocycles. The van der Waals surface area contributed by atoms with Crippen molar-refractivity contribution in [1.82, 2.24) is 10.3 Å². The molecule has 0 radical (unpaired) electrons. The van der Waals surface area contributed by atoms with Crippen LogP contribution in [0.5, 0.6) is 0 Å². The van der Waals surface area contributed by atoms with E-state index in [0.717, 1.165) is 43.9 Å². The van der Waals surface area contributed by atoms with E-state index in [2.05, 4.69) is 28.6 Å². The summed E-state index contributed by atoms with van der Waals surface area (Å²) < 4.78 is 0. The number of aromatic nitrogens is 1. The molecule has 0 amide bonds. The first-order chi connectivity index (χ1) is 8.74. The van der Waals surface area contributed by atoms with Gasteiger partial charge in [-0.15, -0.1) is 0 Å². The maximum atomic E-state index is 9.18. The Morgan fingerprint density at radius 3 is 3.00 bits per heavy atom. The molecule has 1 heterocycles. The maximum absolute atomic E-state index is 9.18. The number of rotatable bonds is 5. The summed E-state index contributed by atoms with van der Waals surface area (Å²) in [4.78, 5) is 4.60. The van der Waals surface area contributed by atoms with Crippen LogP contribution < -0.4 is 10.6 Å². The highest BCUT2D eigenvalue weighted by atomic mass is 15.0. The van der Waals surface area contributed by atoms with Gasteiger partial charge in [0.1, 0.15) is 11.9 Å². The van der Waals surface area contributed by atoms with E-state index in [-0.39, 0.29) is 0 Å². The highest BCUT2D eigenvalue weighted by Gasteiger charge is 2.16. The summed E-state index contributed by atoms with van der Waals surface area (Å²) in [5.41, 5.74) is 3.09. The Kier molecular flexibility index (Phi) is 4.16. The van der Waals surface area contributed by atoms with Crippen molar-refractivity contribution in [2.24, 2.45) is 5.92 Å². The molecule has 0 saturated heterocycles. The average molecular weight is 244 g/mol. The second-order valence-electron chi connectivity index (χ2n) is 5.00. The van der Waals surface area contributed by atoms with Gasteiger partial charge in [0.25, 0.3) is 0 Å². The van der Waals surface area contributed by atoms with Gasteiger partial charge in [0.05, 0.1) is 5.56 Å². The van der Waals surface area contributed by atoms with Crippen LogP contribution in [0, 0.1) is 17.2 Å². The molecular formula is C14H20N4.